The topological polar surface area (TPSA) is 93.1 Å². The molecule has 0 amide bonds. The Hall–Kier alpha value is -2.44. The van der Waals surface area contributed by atoms with Gasteiger partial charge >= 0.3 is 11.9 Å². The molecule has 0 atom stereocenters. The van der Waals surface area contributed by atoms with E-state index in [0.717, 1.165) is 10.8 Å². The lowest BCUT2D eigenvalue weighted by Gasteiger charge is -2.07. The van der Waals surface area contributed by atoms with Crippen LogP contribution in [0.3, 0.4) is 0 Å². The Balaban J connectivity index is 2.10. The number of aliphatic hydroxyl groups is 2. The number of carbonyl (C=O) groups is 2. The van der Waals surface area contributed by atoms with Gasteiger partial charge in [0.05, 0.1) is 24.3 Å². The average molecular weight is 332 g/mol. The molecule has 0 aliphatic heterocycles. The lowest BCUT2D eigenvalue weighted by atomic mass is 10.0. The summed E-state index contributed by atoms with van der Waals surface area (Å²) >= 11 is 0. The van der Waals surface area contributed by atoms with E-state index < -0.39 is 11.9 Å². The van der Waals surface area contributed by atoms with Gasteiger partial charge in [-0.3, -0.25) is 0 Å². The van der Waals surface area contributed by atoms with Crippen molar-refractivity contribution < 1.29 is 29.3 Å². The van der Waals surface area contributed by atoms with Crippen LogP contribution in [-0.4, -0.2) is 48.6 Å². The van der Waals surface area contributed by atoms with Crippen LogP contribution in [0.4, 0.5) is 0 Å². The molecule has 0 aromatic heterocycles. The van der Waals surface area contributed by atoms with Gasteiger partial charge in [0.15, 0.2) is 0 Å². The lowest BCUT2D eigenvalue weighted by molar-refractivity contribution is 0.0471. The predicted octanol–water partition coefficient (Wildman–Crippen LogP) is 1.92. The molecule has 2 N–H and O–H groups in total. The van der Waals surface area contributed by atoms with E-state index in [-0.39, 0.29) is 26.4 Å². The van der Waals surface area contributed by atoms with E-state index in [0.29, 0.717) is 24.0 Å². The summed E-state index contributed by atoms with van der Waals surface area (Å²) in [6.07, 6.45) is 0.808. The Morgan fingerprint density at radius 2 is 1.17 bits per heavy atom. The van der Waals surface area contributed by atoms with Crippen molar-refractivity contribution in [2.24, 2.45) is 0 Å². The van der Waals surface area contributed by atoms with E-state index in [9.17, 15) is 9.59 Å². The number of hydrogen-bond donors (Lipinski definition) is 2. The third kappa shape index (κ3) is 4.78. The fourth-order valence-corrected chi connectivity index (χ4v) is 2.13. The summed E-state index contributed by atoms with van der Waals surface area (Å²) in [4.78, 5) is 23.8. The van der Waals surface area contributed by atoms with Gasteiger partial charge in [-0.15, -0.1) is 0 Å². The Kier molecular flexibility index (Phi) is 6.72. The highest BCUT2D eigenvalue weighted by Gasteiger charge is 2.11. The zero-order valence-corrected chi connectivity index (χ0v) is 13.2. The van der Waals surface area contributed by atoms with Crippen molar-refractivity contribution in [1.82, 2.24) is 0 Å². The summed E-state index contributed by atoms with van der Waals surface area (Å²) in [7, 11) is 0. The Morgan fingerprint density at radius 3 is 1.54 bits per heavy atom. The number of hydrogen-bond acceptors (Lipinski definition) is 6. The fraction of sp³-hybridized carbons (Fsp3) is 0.333. The van der Waals surface area contributed by atoms with Gasteiger partial charge in [-0.05, 0) is 35.0 Å². The first-order valence-corrected chi connectivity index (χ1v) is 7.75. The molecule has 0 bridgehead atoms. The van der Waals surface area contributed by atoms with E-state index in [1.54, 1.807) is 36.4 Å². The smallest absolute Gasteiger partial charge is 0.338 e. The van der Waals surface area contributed by atoms with Crippen molar-refractivity contribution >= 4 is 22.7 Å². The number of carbonyl (C=O) groups excluding carboxylic acids is 2. The fourth-order valence-electron chi connectivity index (χ4n) is 2.13. The molecule has 0 aliphatic rings. The summed E-state index contributed by atoms with van der Waals surface area (Å²) in [6, 6.07) is 10.1. The van der Waals surface area contributed by atoms with Crippen LogP contribution in [0.15, 0.2) is 36.4 Å². The maximum Gasteiger partial charge on any atom is 0.338 e. The molecule has 2 aromatic rings. The molecule has 0 fully saturated rings. The number of ether oxygens (including phenoxy) is 2. The summed E-state index contributed by atoms with van der Waals surface area (Å²) in [6.45, 7) is 0.294. The second-order valence-corrected chi connectivity index (χ2v) is 5.20. The highest BCUT2D eigenvalue weighted by Crippen LogP contribution is 2.19. The van der Waals surface area contributed by atoms with Crippen molar-refractivity contribution in [3.05, 3.63) is 47.5 Å². The van der Waals surface area contributed by atoms with Crippen molar-refractivity contribution in [2.75, 3.05) is 26.4 Å². The Bertz CT molecular complexity index is 648. The molecule has 0 heterocycles. The van der Waals surface area contributed by atoms with E-state index in [4.69, 9.17) is 19.7 Å². The molecule has 0 aliphatic carbocycles. The summed E-state index contributed by atoms with van der Waals surface area (Å²) in [5.74, 6) is -0.893. The van der Waals surface area contributed by atoms with Crippen molar-refractivity contribution in [3.8, 4) is 0 Å². The SMILES string of the molecule is O=C(OCCCO)c1ccc2cc(C(=O)OCCCO)ccc2c1. The standard InChI is InChI=1S/C18H20O6/c19-7-1-9-23-17(21)15-5-3-14-12-16(6-4-13(14)11-15)18(22)24-10-2-8-20/h3-6,11-12,19-20H,1-2,7-10H2. The quantitative estimate of drug-likeness (QED) is 0.567. The average Bonchev–Trinajstić information content (AvgIpc) is 2.61. The van der Waals surface area contributed by atoms with Gasteiger partial charge in [0.2, 0.25) is 0 Å². The summed E-state index contributed by atoms with van der Waals surface area (Å²) in [5.41, 5.74) is 0.831. The van der Waals surface area contributed by atoms with Gasteiger partial charge in [-0.1, -0.05) is 12.1 Å². The van der Waals surface area contributed by atoms with Crippen LogP contribution in [0.1, 0.15) is 33.6 Å². The predicted molar refractivity (Wildman–Crippen MR) is 87.9 cm³/mol. The number of fused-ring (bicyclic) bond motifs is 1. The number of rotatable bonds is 8. The minimum Gasteiger partial charge on any atom is -0.462 e. The van der Waals surface area contributed by atoms with Gasteiger partial charge in [-0.2, -0.15) is 0 Å². The number of esters is 2. The zero-order chi connectivity index (χ0) is 17.4. The van der Waals surface area contributed by atoms with Gasteiger partial charge < -0.3 is 19.7 Å². The van der Waals surface area contributed by atoms with Gasteiger partial charge in [0.25, 0.3) is 0 Å². The molecule has 0 saturated carbocycles. The van der Waals surface area contributed by atoms with Gasteiger partial charge in [-0.25, -0.2) is 9.59 Å². The zero-order valence-electron chi connectivity index (χ0n) is 13.2. The first kappa shape index (κ1) is 17.9. The summed E-state index contributed by atoms with van der Waals surface area (Å²) in [5, 5.41) is 19.0. The third-order valence-corrected chi connectivity index (χ3v) is 3.38. The molecule has 24 heavy (non-hydrogen) atoms. The van der Waals surface area contributed by atoms with Crippen LogP contribution >= 0.6 is 0 Å². The Morgan fingerprint density at radius 1 is 0.750 bits per heavy atom. The first-order chi connectivity index (χ1) is 11.7. The molecule has 0 saturated heterocycles. The number of aliphatic hydroxyl groups excluding tert-OH is 2. The molecule has 6 heteroatoms. The molecule has 0 radical (unpaired) electrons. The third-order valence-electron chi connectivity index (χ3n) is 3.38. The summed E-state index contributed by atoms with van der Waals surface area (Å²) < 4.78 is 10.1. The van der Waals surface area contributed by atoms with Crippen molar-refractivity contribution in [3.63, 3.8) is 0 Å². The largest absolute Gasteiger partial charge is 0.462 e. The molecule has 2 rings (SSSR count). The number of benzene rings is 2. The van der Waals surface area contributed by atoms with Crippen LogP contribution in [0.2, 0.25) is 0 Å². The van der Waals surface area contributed by atoms with Gasteiger partial charge in [0.1, 0.15) is 0 Å². The first-order valence-electron chi connectivity index (χ1n) is 7.75. The van der Waals surface area contributed by atoms with E-state index in [1.807, 2.05) is 0 Å². The normalized spacial score (nSPS) is 10.6. The highest BCUT2D eigenvalue weighted by molar-refractivity contribution is 5.98. The van der Waals surface area contributed by atoms with Crippen molar-refractivity contribution in [1.29, 1.82) is 0 Å². The molecule has 2 aromatic carbocycles. The van der Waals surface area contributed by atoms with Crippen LogP contribution < -0.4 is 0 Å². The second kappa shape index (κ2) is 9.00. The molecule has 6 nitrogen and oxygen atoms in total. The van der Waals surface area contributed by atoms with Crippen LogP contribution in [0, 0.1) is 0 Å². The highest BCUT2D eigenvalue weighted by atomic mass is 16.5. The van der Waals surface area contributed by atoms with E-state index in [1.165, 1.54) is 0 Å². The second-order valence-electron chi connectivity index (χ2n) is 5.20. The van der Waals surface area contributed by atoms with E-state index in [2.05, 4.69) is 0 Å². The maximum absolute atomic E-state index is 11.9. The minimum atomic E-state index is -0.446. The Labute approximate surface area is 139 Å². The molecule has 0 spiro atoms. The van der Waals surface area contributed by atoms with Crippen LogP contribution in [0.25, 0.3) is 10.8 Å². The minimum absolute atomic E-state index is 0.0256. The van der Waals surface area contributed by atoms with Crippen LogP contribution in [0.5, 0.6) is 0 Å². The molecular weight excluding hydrogens is 312 g/mol. The van der Waals surface area contributed by atoms with Crippen LogP contribution in [-0.2, 0) is 9.47 Å². The van der Waals surface area contributed by atoms with Gasteiger partial charge in [0, 0.05) is 26.1 Å². The van der Waals surface area contributed by atoms with E-state index >= 15 is 0 Å². The molecule has 128 valence electrons. The maximum atomic E-state index is 11.9. The monoisotopic (exact) mass is 332 g/mol. The lowest BCUT2D eigenvalue weighted by Crippen LogP contribution is -2.08. The molecule has 0 unspecified atom stereocenters. The van der Waals surface area contributed by atoms with Crippen molar-refractivity contribution in [2.45, 2.75) is 12.8 Å². The molecular formula is C18H20O6.